The molecule has 1 aromatic rings. The van der Waals surface area contributed by atoms with Crippen molar-refractivity contribution >= 4 is 15.5 Å². The van der Waals surface area contributed by atoms with Crippen molar-refractivity contribution in [2.24, 2.45) is 5.92 Å². The highest BCUT2D eigenvalue weighted by Gasteiger charge is 2.33. The van der Waals surface area contributed by atoms with Gasteiger partial charge in [0, 0.05) is 25.2 Å². The predicted molar refractivity (Wildman–Crippen MR) is 75.1 cm³/mol. The number of rotatable bonds is 2. The zero-order chi connectivity index (χ0) is 13.6. The first-order chi connectivity index (χ1) is 8.96. The lowest BCUT2D eigenvalue weighted by molar-refractivity contribution is 0.121. The van der Waals surface area contributed by atoms with Gasteiger partial charge < -0.3 is 10.0 Å². The second-order valence-corrected chi connectivity index (χ2v) is 7.90. The minimum atomic E-state index is -2.94. The van der Waals surface area contributed by atoms with Crippen molar-refractivity contribution in [1.29, 1.82) is 0 Å². The number of aliphatic hydroxyl groups is 1. The highest BCUT2D eigenvalue weighted by Crippen LogP contribution is 2.35. The van der Waals surface area contributed by atoms with Gasteiger partial charge in [0.15, 0.2) is 9.84 Å². The van der Waals surface area contributed by atoms with Crippen molar-refractivity contribution in [1.82, 2.24) is 0 Å². The van der Waals surface area contributed by atoms with Crippen LogP contribution < -0.4 is 4.90 Å². The van der Waals surface area contributed by atoms with Crippen LogP contribution in [0.5, 0.6) is 0 Å². The van der Waals surface area contributed by atoms with E-state index < -0.39 is 15.9 Å². The average molecular weight is 281 g/mol. The number of hydrogen-bond acceptors (Lipinski definition) is 4. The monoisotopic (exact) mass is 281 g/mol. The van der Waals surface area contributed by atoms with Crippen LogP contribution in [0, 0.1) is 5.92 Å². The second kappa shape index (κ2) is 4.49. The van der Waals surface area contributed by atoms with E-state index in [1.807, 2.05) is 18.2 Å². The fourth-order valence-electron chi connectivity index (χ4n) is 3.12. The van der Waals surface area contributed by atoms with E-state index in [4.69, 9.17) is 0 Å². The largest absolute Gasteiger partial charge is 0.388 e. The van der Waals surface area contributed by atoms with Crippen molar-refractivity contribution in [2.45, 2.75) is 18.9 Å². The Balaban J connectivity index is 1.83. The zero-order valence-electron chi connectivity index (χ0n) is 11.0. The van der Waals surface area contributed by atoms with Crippen molar-refractivity contribution in [3.63, 3.8) is 0 Å². The Hall–Kier alpha value is -1.07. The quantitative estimate of drug-likeness (QED) is 0.883. The summed E-state index contributed by atoms with van der Waals surface area (Å²) < 4.78 is 23.0. The van der Waals surface area contributed by atoms with Gasteiger partial charge in [0.05, 0.1) is 17.6 Å². The molecule has 0 radical (unpaired) electrons. The average Bonchev–Trinajstić information content (AvgIpc) is 2.92. The van der Waals surface area contributed by atoms with Crippen LogP contribution in [0.1, 0.15) is 23.7 Å². The van der Waals surface area contributed by atoms with Crippen molar-refractivity contribution in [3.05, 3.63) is 29.3 Å². The molecule has 19 heavy (non-hydrogen) atoms. The summed E-state index contributed by atoms with van der Waals surface area (Å²) in [6.07, 6.45) is 0.907. The molecule has 4 nitrogen and oxygen atoms in total. The number of likely N-dealkylation sites (N-methyl/N-ethyl adjacent to an activating group) is 1. The molecule has 0 amide bonds. The highest BCUT2D eigenvalue weighted by molar-refractivity contribution is 7.91. The first kappa shape index (κ1) is 12.9. The summed E-state index contributed by atoms with van der Waals surface area (Å²) in [6.45, 7) is 1.01. The van der Waals surface area contributed by atoms with Crippen LogP contribution >= 0.6 is 0 Å². The summed E-state index contributed by atoms with van der Waals surface area (Å²) >= 11 is 0. The van der Waals surface area contributed by atoms with Crippen LogP contribution in [0.3, 0.4) is 0 Å². The topological polar surface area (TPSA) is 57.6 Å². The Morgan fingerprint density at radius 3 is 2.89 bits per heavy atom. The van der Waals surface area contributed by atoms with Crippen LogP contribution in [-0.2, 0) is 16.3 Å². The Morgan fingerprint density at radius 2 is 2.21 bits per heavy atom. The molecule has 2 unspecified atom stereocenters. The molecule has 2 atom stereocenters. The summed E-state index contributed by atoms with van der Waals surface area (Å²) in [5.41, 5.74) is 3.33. The molecular weight excluding hydrogens is 262 g/mol. The molecule has 3 rings (SSSR count). The van der Waals surface area contributed by atoms with Crippen LogP contribution in [0.2, 0.25) is 0 Å². The van der Waals surface area contributed by atoms with E-state index in [0.717, 1.165) is 18.5 Å². The van der Waals surface area contributed by atoms with E-state index in [0.29, 0.717) is 6.42 Å². The molecule has 104 valence electrons. The third-order valence-electron chi connectivity index (χ3n) is 4.29. The minimum Gasteiger partial charge on any atom is -0.388 e. The minimum absolute atomic E-state index is 0.116. The highest BCUT2D eigenvalue weighted by atomic mass is 32.2. The van der Waals surface area contributed by atoms with Crippen LogP contribution in [0.15, 0.2) is 18.2 Å². The maximum Gasteiger partial charge on any atom is 0.150 e. The van der Waals surface area contributed by atoms with Gasteiger partial charge in [-0.25, -0.2) is 8.42 Å². The molecule has 0 saturated carbocycles. The summed E-state index contributed by atoms with van der Waals surface area (Å²) in [5, 5.41) is 10.4. The van der Waals surface area contributed by atoms with Gasteiger partial charge in [-0.1, -0.05) is 12.1 Å². The molecule has 2 heterocycles. The Kier molecular flexibility index (Phi) is 3.06. The van der Waals surface area contributed by atoms with Gasteiger partial charge in [0.1, 0.15) is 0 Å². The smallest absolute Gasteiger partial charge is 0.150 e. The molecule has 0 spiro atoms. The third-order valence-corrected chi connectivity index (χ3v) is 6.08. The predicted octanol–water partition coefficient (Wildman–Crippen LogP) is 1.15. The number of fused-ring (bicyclic) bond motifs is 1. The molecule has 2 aliphatic heterocycles. The first-order valence-electron chi connectivity index (χ1n) is 6.69. The molecule has 1 aromatic carbocycles. The maximum atomic E-state index is 11.5. The summed E-state index contributed by atoms with van der Waals surface area (Å²) in [6, 6.07) is 6.00. The molecular formula is C14H19NO3S. The second-order valence-electron chi connectivity index (χ2n) is 5.67. The van der Waals surface area contributed by atoms with E-state index >= 15 is 0 Å². The number of nitrogens with zero attached hydrogens (tertiary/aromatic N) is 1. The van der Waals surface area contributed by atoms with Gasteiger partial charge in [-0.15, -0.1) is 0 Å². The third kappa shape index (κ3) is 2.37. The Morgan fingerprint density at radius 1 is 1.42 bits per heavy atom. The van der Waals surface area contributed by atoms with Gasteiger partial charge in [-0.2, -0.15) is 0 Å². The van der Waals surface area contributed by atoms with Crippen LogP contribution in [0.25, 0.3) is 0 Å². The molecule has 1 fully saturated rings. The van der Waals surface area contributed by atoms with Crippen LogP contribution in [0.4, 0.5) is 5.69 Å². The van der Waals surface area contributed by atoms with Crippen LogP contribution in [-0.4, -0.2) is 38.6 Å². The molecule has 0 bridgehead atoms. The Labute approximate surface area is 114 Å². The van der Waals surface area contributed by atoms with E-state index in [9.17, 15) is 13.5 Å². The number of benzene rings is 1. The number of aliphatic hydroxyl groups excluding tert-OH is 1. The van der Waals surface area contributed by atoms with Gasteiger partial charge >= 0.3 is 0 Å². The number of hydrogen-bond donors (Lipinski definition) is 1. The van der Waals surface area contributed by atoms with E-state index in [1.165, 1.54) is 11.3 Å². The lowest BCUT2D eigenvalue weighted by Gasteiger charge is -2.18. The molecule has 5 heteroatoms. The zero-order valence-corrected chi connectivity index (χ0v) is 11.9. The summed E-state index contributed by atoms with van der Waals surface area (Å²) in [4.78, 5) is 2.20. The number of sulfone groups is 1. The van der Waals surface area contributed by atoms with E-state index in [-0.39, 0.29) is 17.4 Å². The van der Waals surface area contributed by atoms with Crippen molar-refractivity contribution in [3.8, 4) is 0 Å². The Bertz CT molecular complexity index is 597. The normalized spacial score (nSPS) is 26.4. The lowest BCUT2D eigenvalue weighted by atomic mass is 9.94. The molecule has 1 saturated heterocycles. The molecule has 2 aliphatic rings. The van der Waals surface area contributed by atoms with E-state index in [2.05, 4.69) is 11.9 Å². The number of anilines is 1. The van der Waals surface area contributed by atoms with Gasteiger partial charge in [0.25, 0.3) is 0 Å². The fourth-order valence-corrected chi connectivity index (χ4v) is 4.95. The van der Waals surface area contributed by atoms with Crippen molar-refractivity contribution < 1.29 is 13.5 Å². The molecule has 0 aliphatic carbocycles. The van der Waals surface area contributed by atoms with Crippen molar-refractivity contribution in [2.75, 3.05) is 30.0 Å². The maximum absolute atomic E-state index is 11.5. The van der Waals surface area contributed by atoms with Gasteiger partial charge in [-0.3, -0.25) is 0 Å². The molecule has 1 N–H and O–H groups in total. The standard InChI is InChI=1S/C14H19NO3S/c1-15-6-4-10-8-11(2-3-13(10)15)14(16)12-5-7-19(17,18)9-12/h2-3,8,12,14,16H,4-7,9H2,1H3. The first-order valence-corrected chi connectivity index (χ1v) is 8.51. The fraction of sp³-hybridized carbons (Fsp3) is 0.571. The SMILES string of the molecule is CN1CCc2cc(C(O)C3CCS(=O)(=O)C3)ccc21. The summed E-state index contributed by atoms with van der Waals surface area (Å²) in [7, 11) is -0.876. The van der Waals surface area contributed by atoms with E-state index in [1.54, 1.807) is 0 Å². The van der Waals surface area contributed by atoms with Gasteiger partial charge in [0.2, 0.25) is 0 Å². The lowest BCUT2D eigenvalue weighted by Crippen LogP contribution is -2.14. The van der Waals surface area contributed by atoms with Gasteiger partial charge in [-0.05, 0) is 30.0 Å². The summed E-state index contributed by atoms with van der Waals surface area (Å²) in [5.74, 6) is 0.176. The molecule has 0 aromatic heterocycles.